The molecule has 0 radical (unpaired) electrons. The number of nitrogens with zero attached hydrogens (tertiary/aromatic N) is 5. The van der Waals surface area contributed by atoms with Crippen molar-refractivity contribution in [2.75, 3.05) is 13.1 Å². The summed E-state index contributed by atoms with van der Waals surface area (Å²) in [6, 6.07) is 5.60. The number of hydrogen-bond donors (Lipinski definition) is 1. The van der Waals surface area contributed by atoms with Gasteiger partial charge in [-0.05, 0) is 51.8 Å². The number of fused-ring (bicyclic) bond motifs is 1. The molecule has 3 heterocycles. The Morgan fingerprint density at radius 2 is 2.13 bits per heavy atom. The summed E-state index contributed by atoms with van der Waals surface area (Å²) in [7, 11) is 0. The topological polar surface area (TPSA) is 106 Å². The van der Waals surface area contributed by atoms with E-state index in [0.29, 0.717) is 30.0 Å². The van der Waals surface area contributed by atoms with Crippen LogP contribution in [0.2, 0.25) is 0 Å². The van der Waals surface area contributed by atoms with Crippen molar-refractivity contribution in [2.45, 2.75) is 46.7 Å². The van der Waals surface area contributed by atoms with Gasteiger partial charge in [0.1, 0.15) is 11.4 Å². The molecule has 1 aliphatic rings. The van der Waals surface area contributed by atoms with Crippen molar-refractivity contribution < 1.29 is 14.2 Å². The van der Waals surface area contributed by atoms with E-state index in [4.69, 9.17) is 0 Å². The number of aryl methyl sites for hydroxylation is 2. The van der Waals surface area contributed by atoms with Crippen LogP contribution in [0.4, 0.5) is 0 Å². The molecule has 158 valence electrons. The highest BCUT2D eigenvalue weighted by atomic mass is 16.6. The van der Waals surface area contributed by atoms with Gasteiger partial charge in [0.05, 0.1) is 29.3 Å². The van der Waals surface area contributed by atoms with E-state index in [1.807, 2.05) is 29.7 Å². The van der Waals surface area contributed by atoms with Gasteiger partial charge in [0.25, 0.3) is 5.91 Å². The van der Waals surface area contributed by atoms with Crippen molar-refractivity contribution in [3.8, 4) is 0 Å². The number of piperidine rings is 1. The van der Waals surface area contributed by atoms with E-state index in [1.165, 1.54) is 0 Å². The number of rotatable bonds is 5. The molecule has 1 atom stereocenters. The van der Waals surface area contributed by atoms with Gasteiger partial charge >= 0.3 is 0 Å². The van der Waals surface area contributed by atoms with Gasteiger partial charge in [0.15, 0.2) is 0 Å². The smallest absolute Gasteiger partial charge is 0.253 e. The van der Waals surface area contributed by atoms with Crippen LogP contribution in [0.1, 0.15) is 48.4 Å². The fourth-order valence-corrected chi connectivity index (χ4v) is 4.02. The van der Waals surface area contributed by atoms with Gasteiger partial charge in [0.2, 0.25) is 5.91 Å². The monoisotopic (exact) mass is 410 g/mol. The molecule has 0 spiro atoms. The summed E-state index contributed by atoms with van der Waals surface area (Å²) in [6.45, 7) is 7.83. The Morgan fingerprint density at radius 3 is 2.87 bits per heavy atom. The van der Waals surface area contributed by atoms with Crippen LogP contribution in [0, 0.1) is 12.3 Å². The van der Waals surface area contributed by atoms with Crippen LogP contribution in [0.15, 0.2) is 29.2 Å². The van der Waals surface area contributed by atoms with E-state index in [0.717, 1.165) is 30.4 Å². The summed E-state index contributed by atoms with van der Waals surface area (Å²) in [5, 5.41) is 10.4. The average molecular weight is 410 g/mol. The fraction of sp³-hybridized carbons (Fsp3) is 0.476. The van der Waals surface area contributed by atoms with Crippen LogP contribution in [0.3, 0.4) is 0 Å². The number of aromatic nitrogens is 4. The highest BCUT2D eigenvalue weighted by Crippen LogP contribution is 2.31. The zero-order valence-electron chi connectivity index (χ0n) is 17.5. The predicted molar refractivity (Wildman–Crippen MR) is 110 cm³/mol. The van der Waals surface area contributed by atoms with E-state index in [1.54, 1.807) is 18.2 Å². The summed E-state index contributed by atoms with van der Waals surface area (Å²) in [5.41, 5.74) is 3.01. The zero-order valence-corrected chi connectivity index (χ0v) is 17.5. The van der Waals surface area contributed by atoms with Crippen LogP contribution in [0.25, 0.3) is 11.0 Å². The van der Waals surface area contributed by atoms with Gasteiger partial charge < -0.3 is 14.8 Å². The number of amides is 2. The number of nitrogens with one attached hydrogen (secondary N) is 1. The molecule has 2 amide bonds. The second kappa shape index (κ2) is 7.89. The molecule has 1 N–H and O–H groups in total. The Morgan fingerprint density at radius 1 is 1.30 bits per heavy atom. The second-order valence-electron chi connectivity index (χ2n) is 8.10. The number of carbonyl (C=O) groups is 2. The number of likely N-dealkylation sites (tertiary alicyclic amines) is 1. The first-order valence-corrected chi connectivity index (χ1v) is 10.2. The van der Waals surface area contributed by atoms with Crippen LogP contribution >= 0.6 is 0 Å². The van der Waals surface area contributed by atoms with Crippen LogP contribution in [-0.2, 0) is 17.9 Å². The number of benzene rings is 1. The van der Waals surface area contributed by atoms with Crippen LogP contribution in [-0.4, -0.2) is 49.7 Å². The molecular formula is C21H26N6O3. The molecule has 1 fully saturated rings. The molecule has 1 aliphatic heterocycles. The zero-order chi connectivity index (χ0) is 21.3. The number of hydrogen-bond acceptors (Lipinski definition) is 6. The molecule has 30 heavy (non-hydrogen) atoms. The summed E-state index contributed by atoms with van der Waals surface area (Å²) in [6.07, 6.45) is 3.28. The lowest BCUT2D eigenvalue weighted by molar-refractivity contribution is -0.132. The fourth-order valence-electron chi connectivity index (χ4n) is 4.02. The summed E-state index contributed by atoms with van der Waals surface area (Å²) in [4.78, 5) is 32.2. The SMILES string of the molecule is CCn1cnc2cc(C(=O)N3CCCC(C)(C(=O)NCc4nonc4C)C3)ccc21. The molecule has 1 aromatic carbocycles. The molecule has 0 saturated carbocycles. The van der Waals surface area contributed by atoms with Crippen molar-refractivity contribution in [1.82, 2.24) is 30.1 Å². The molecule has 4 rings (SSSR count). The molecule has 2 aromatic heterocycles. The van der Waals surface area contributed by atoms with Crippen molar-refractivity contribution >= 4 is 22.8 Å². The van der Waals surface area contributed by atoms with E-state index in [-0.39, 0.29) is 18.4 Å². The summed E-state index contributed by atoms with van der Waals surface area (Å²) >= 11 is 0. The molecule has 1 saturated heterocycles. The molecule has 0 aliphatic carbocycles. The second-order valence-corrected chi connectivity index (χ2v) is 8.10. The molecule has 1 unspecified atom stereocenters. The van der Waals surface area contributed by atoms with Crippen molar-refractivity contribution in [1.29, 1.82) is 0 Å². The lowest BCUT2D eigenvalue weighted by Gasteiger charge is -2.39. The number of imidazole rings is 1. The maximum atomic E-state index is 13.1. The standard InChI is InChI=1S/C21H26N6O3/c1-4-26-13-23-16-10-15(6-7-18(16)26)19(28)27-9-5-8-21(3,12-27)20(29)22-11-17-14(2)24-30-25-17/h6-7,10,13H,4-5,8-9,11-12H2,1-3H3,(H,22,29). The maximum absolute atomic E-state index is 13.1. The minimum absolute atomic E-state index is 0.0711. The maximum Gasteiger partial charge on any atom is 0.253 e. The Labute approximate surface area is 174 Å². The third-order valence-electron chi connectivity index (χ3n) is 5.90. The van der Waals surface area contributed by atoms with Gasteiger partial charge in [-0.1, -0.05) is 10.3 Å². The Balaban J connectivity index is 1.46. The lowest BCUT2D eigenvalue weighted by atomic mass is 9.80. The third kappa shape index (κ3) is 3.67. The minimum Gasteiger partial charge on any atom is -0.350 e. The largest absolute Gasteiger partial charge is 0.350 e. The van der Waals surface area contributed by atoms with Crippen molar-refractivity contribution in [2.24, 2.45) is 5.41 Å². The molecule has 0 bridgehead atoms. The van der Waals surface area contributed by atoms with Crippen molar-refractivity contribution in [3.63, 3.8) is 0 Å². The van der Waals surface area contributed by atoms with Crippen LogP contribution in [0.5, 0.6) is 0 Å². The van der Waals surface area contributed by atoms with Gasteiger partial charge in [-0.2, -0.15) is 0 Å². The van der Waals surface area contributed by atoms with Gasteiger partial charge in [-0.25, -0.2) is 9.61 Å². The van der Waals surface area contributed by atoms with Crippen LogP contribution < -0.4 is 5.32 Å². The highest BCUT2D eigenvalue weighted by Gasteiger charge is 2.39. The molecule has 9 nitrogen and oxygen atoms in total. The van der Waals surface area contributed by atoms with Gasteiger partial charge in [0, 0.05) is 25.2 Å². The summed E-state index contributed by atoms with van der Waals surface area (Å²) in [5.74, 6) is -0.169. The van der Waals surface area contributed by atoms with E-state index < -0.39 is 5.41 Å². The number of carbonyl (C=O) groups excluding carboxylic acids is 2. The predicted octanol–water partition coefficient (Wildman–Crippen LogP) is 2.31. The first kappa shape index (κ1) is 20.1. The van der Waals surface area contributed by atoms with E-state index in [2.05, 4.69) is 32.2 Å². The van der Waals surface area contributed by atoms with Crippen molar-refractivity contribution in [3.05, 3.63) is 41.5 Å². The molecular weight excluding hydrogens is 384 g/mol. The third-order valence-corrected chi connectivity index (χ3v) is 5.90. The lowest BCUT2D eigenvalue weighted by Crippen LogP contribution is -2.51. The first-order valence-electron chi connectivity index (χ1n) is 10.2. The van der Waals surface area contributed by atoms with Gasteiger partial charge in [-0.15, -0.1) is 0 Å². The Bertz CT molecular complexity index is 1090. The minimum atomic E-state index is -0.660. The Kier molecular flexibility index (Phi) is 5.27. The quantitative estimate of drug-likeness (QED) is 0.692. The Hall–Kier alpha value is -3.23. The highest BCUT2D eigenvalue weighted by molar-refractivity contribution is 5.98. The molecule has 3 aromatic rings. The van der Waals surface area contributed by atoms with E-state index in [9.17, 15) is 9.59 Å². The summed E-state index contributed by atoms with van der Waals surface area (Å²) < 4.78 is 6.71. The first-order chi connectivity index (χ1) is 14.4. The van der Waals surface area contributed by atoms with E-state index >= 15 is 0 Å². The average Bonchev–Trinajstić information content (AvgIpc) is 3.36. The normalized spacial score (nSPS) is 19.2. The molecule has 9 heteroatoms. The van der Waals surface area contributed by atoms with Gasteiger partial charge in [-0.3, -0.25) is 9.59 Å².